The second-order valence-electron chi connectivity index (χ2n) is 8.58. The topological polar surface area (TPSA) is 53.0 Å². The van der Waals surface area contributed by atoms with Gasteiger partial charge in [-0.05, 0) is 82.7 Å². The molecule has 1 aromatic rings. The van der Waals surface area contributed by atoms with Crippen molar-refractivity contribution in [3.05, 3.63) is 28.8 Å². The van der Waals surface area contributed by atoms with E-state index in [0.717, 1.165) is 68.7 Å². The van der Waals surface area contributed by atoms with Crippen molar-refractivity contribution in [2.45, 2.75) is 59.0 Å². The van der Waals surface area contributed by atoms with Crippen molar-refractivity contribution in [2.75, 3.05) is 39.3 Å². The van der Waals surface area contributed by atoms with E-state index in [4.69, 9.17) is 4.74 Å². The predicted molar refractivity (Wildman–Crippen MR) is 112 cm³/mol. The molecule has 1 atom stereocenters. The highest BCUT2D eigenvalue weighted by Gasteiger charge is 2.29. The molecular weight excluding hydrogens is 352 g/mol. The quantitative estimate of drug-likeness (QED) is 0.814. The molecule has 0 bridgehead atoms. The van der Waals surface area contributed by atoms with Crippen molar-refractivity contribution in [3.63, 3.8) is 0 Å². The minimum atomic E-state index is -0.520. The standard InChI is InChI=1S/C23H36N2O3/c1-17-7-8-18(2)22(19(17)3)28-16-21(26)15-24-13-9-20(10-14-24)23(27)25-11-5-4-6-12-25/h7-8,20-21,26H,4-6,9-16H2,1-3H3. The van der Waals surface area contributed by atoms with Crippen molar-refractivity contribution in [1.82, 2.24) is 9.80 Å². The lowest BCUT2D eigenvalue weighted by molar-refractivity contribution is -0.138. The van der Waals surface area contributed by atoms with Gasteiger partial charge in [0.1, 0.15) is 18.5 Å². The van der Waals surface area contributed by atoms with Gasteiger partial charge in [0, 0.05) is 25.6 Å². The summed E-state index contributed by atoms with van der Waals surface area (Å²) in [4.78, 5) is 17.0. The Labute approximate surface area is 169 Å². The SMILES string of the molecule is Cc1ccc(C)c(OCC(O)CN2CCC(C(=O)N3CCCCC3)CC2)c1C. The molecule has 1 N–H and O–H groups in total. The van der Waals surface area contributed by atoms with E-state index < -0.39 is 6.10 Å². The summed E-state index contributed by atoms with van der Waals surface area (Å²) in [6.45, 7) is 10.7. The number of likely N-dealkylation sites (tertiary alicyclic amines) is 2. The molecular formula is C23H36N2O3. The maximum atomic E-state index is 12.7. The van der Waals surface area contributed by atoms with Crippen LogP contribution in [0.4, 0.5) is 0 Å². The molecule has 0 spiro atoms. The maximum absolute atomic E-state index is 12.7. The maximum Gasteiger partial charge on any atom is 0.225 e. The summed E-state index contributed by atoms with van der Waals surface area (Å²) in [6.07, 6.45) is 4.84. The predicted octanol–water partition coefficient (Wildman–Crippen LogP) is 3.08. The number of nitrogens with zero attached hydrogens (tertiary/aromatic N) is 2. The molecule has 5 nitrogen and oxygen atoms in total. The fourth-order valence-corrected chi connectivity index (χ4v) is 4.41. The van der Waals surface area contributed by atoms with Crippen LogP contribution in [-0.4, -0.2) is 66.2 Å². The normalized spacial score (nSPS) is 20.2. The molecule has 2 heterocycles. The van der Waals surface area contributed by atoms with Crippen LogP contribution >= 0.6 is 0 Å². The highest BCUT2D eigenvalue weighted by atomic mass is 16.5. The van der Waals surface area contributed by atoms with Crippen LogP contribution in [0.25, 0.3) is 0 Å². The first-order valence-corrected chi connectivity index (χ1v) is 10.8. The first-order chi connectivity index (χ1) is 13.5. The van der Waals surface area contributed by atoms with Crippen LogP contribution in [0.2, 0.25) is 0 Å². The van der Waals surface area contributed by atoms with Crippen molar-refractivity contribution in [1.29, 1.82) is 0 Å². The third-order valence-electron chi connectivity index (χ3n) is 6.37. The summed E-state index contributed by atoms with van der Waals surface area (Å²) >= 11 is 0. The highest BCUT2D eigenvalue weighted by Crippen LogP contribution is 2.26. The van der Waals surface area contributed by atoms with Crippen molar-refractivity contribution in [2.24, 2.45) is 5.92 Å². The number of piperidine rings is 2. The third kappa shape index (κ3) is 5.26. The van der Waals surface area contributed by atoms with Crippen molar-refractivity contribution in [3.8, 4) is 5.75 Å². The molecule has 2 aliphatic heterocycles. The molecule has 2 fully saturated rings. The van der Waals surface area contributed by atoms with Crippen LogP contribution in [0.3, 0.4) is 0 Å². The number of aryl methyl sites for hydroxylation is 2. The van der Waals surface area contributed by atoms with E-state index in [0.29, 0.717) is 19.1 Å². The fourth-order valence-electron chi connectivity index (χ4n) is 4.41. The summed E-state index contributed by atoms with van der Waals surface area (Å²) in [5.74, 6) is 1.42. The number of hydrogen-bond donors (Lipinski definition) is 1. The number of amides is 1. The molecule has 2 saturated heterocycles. The Balaban J connectivity index is 1.42. The molecule has 2 aliphatic rings. The fraction of sp³-hybridized carbons (Fsp3) is 0.696. The number of carbonyl (C=O) groups excluding carboxylic acids is 1. The van der Waals surface area contributed by atoms with Gasteiger partial charge in [-0.15, -0.1) is 0 Å². The number of hydrogen-bond acceptors (Lipinski definition) is 4. The van der Waals surface area contributed by atoms with Gasteiger partial charge in [-0.2, -0.15) is 0 Å². The van der Waals surface area contributed by atoms with Crippen LogP contribution in [0, 0.1) is 26.7 Å². The minimum Gasteiger partial charge on any atom is -0.490 e. The zero-order chi connectivity index (χ0) is 20.1. The summed E-state index contributed by atoms with van der Waals surface area (Å²) in [7, 11) is 0. The van der Waals surface area contributed by atoms with E-state index in [9.17, 15) is 9.90 Å². The first-order valence-electron chi connectivity index (χ1n) is 10.8. The average molecular weight is 389 g/mol. The number of β-amino-alcohol motifs (C(OH)–C–C–N with tert-alkyl or cyclic N) is 1. The molecule has 0 aliphatic carbocycles. The lowest BCUT2D eigenvalue weighted by Crippen LogP contribution is -2.46. The average Bonchev–Trinajstić information content (AvgIpc) is 2.71. The summed E-state index contributed by atoms with van der Waals surface area (Å²) in [5.41, 5.74) is 3.45. The second-order valence-corrected chi connectivity index (χ2v) is 8.58. The molecule has 3 rings (SSSR count). The van der Waals surface area contributed by atoms with Crippen molar-refractivity contribution < 1.29 is 14.6 Å². The third-order valence-corrected chi connectivity index (χ3v) is 6.37. The molecule has 0 saturated carbocycles. The van der Waals surface area contributed by atoms with Crippen LogP contribution in [0.5, 0.6) is 5.75 Å². The van der Waals surface area contributed by atoms with E-state index in [1.54, 1.807) is 0 Å². The van der Waals surface area contributed by atoms with E-state index >= 15 is 0 Å². The summed E-state index contributed by atoms with van der Waals surface area (Å²) in [6, 6.07) is 4.16. The van der Waals surface area contributed by atoms with E-state index in [1.165, 1.54) is 12.0 Å². The Morgan fingerprint density at radius 2 is 1.71 bits per heavy atom. The van der Waals surface area contributed by atoms with Gasteiger partial charge < -0.3 is 19.6 Å². The molecule has 1 amide bonds. The number of benzene rings is 1. The lowest BCUT2D eigenvalue weighted by atomic mass is 9.94. The molecule has 1 unspecified atom stereocenters. The summed E-state index contributed by atoms with van der Waals surface area (Å²) in [5, 5.41) is 10.5. The largest absolute Gasteiger partial charge is 0.490 e. The number of aliphatic hydroxyl groups is 1. The van der Waals surface area contributed by atoms with Gasteiger partial charge in [-0.3, -0.25) is 4.79 Å². The van der Waals surface area contributed by atoms with Crippen LogP contribution in [0.1, 0.15) is 48.8 Å². The van der Waals surface area contributed by atoms with E-state index in [-0.39, 0.29) is 5.92 Å². The molecule has 1 aromatic carbocycles. The second kappa shape index (κ2) is 9.75. The summed E-state index contributed by atoms with van der Waals surface area (Å²) < 4.78 is 5.95. The van der Waals surface area contributed by atoms with Gasteiger partial charge >= 0.3 is 0 Å². The smallest absolute Gasteiger partial charge is 0.225 e. The van der Waals surface area contributed by atoms with Crippen LogP contribution in [0.15, 0.2) is 12.1 Å². The van der Waals surface area contributed by atoms with Gasteiger partial charge in [-0.25, -0.2) is 0 Å². The monoisotopic (exact) mass is 388 g/mol. The Morgan fingerprint density at radius 1 is 1.07 bits per heavy atom. The van der Waals surface area contributed by atoms with Crippen molar-refractivity contribution >= 4 is 5.91 Å². The Hall–Kier alpha value is -1.59. The minimum absolute atomic E-state index is 0.167. The Bertz CT molecular complexity index is 662. The Morgan fingerprint density at radius 3 is 2.39 bits per heavy atom. The van der Waals surface area contributed by atoms with Crippen LogP contribution < -0.4 is 4.74 Å². The van der Waals surface area contributed by atoms with Gasteiger partial charge in [0.25, 0.3) is 0 Å². The van der Waals surface area contributed by atoms with Crippen LogP contribution in [-0.2, 0) is 4.79 Å². The zero-order valence-corrected chi connectivity index (χ0v) is 17.7. The van der Waals surface area contributed by atoms with Gasteiger partial charge in [0.15, 0.2) is 0 Å². The Kier molecular flexibility index (Phi) is 7.36. The van der Waals surface area contributed by atoms with Gasteiger partial charge in [0.2, 0.25) is 5.91 Å². The van der Waals surface area contributed by atoms with Gasteiger partial charge in [0.05, 0.1) is 0 Å². The number of rotatable bonds is 6. The zero-order valence-electron chi connectivity index (χ0n) is 17.7. The number of ether oxygens (including phenoxy) is 1. The lowest BCUT2D eigenvalue weighted by Gasteiger charge is -2.36. The molecule has 28 heavy (non-hydrogen) atoms. The molecule has 0 radical (unpaired) electrons. The van der Waals surface area contributed by atoms with E-state index in [1.807, 2.05) is 6.92 Å². The van der Waals surface area contributed by atoms with E-state index in [2.05, 4.69) is 35.8 Å². The molecule has 156 valence electrons. The van der Waals surface area contributed by atoms with Gasteiger partial charge in [-0.1, -0.05) is 12.1 Å². The highest BCUT2D eigenvalue weighted by molar-refractivity contribution is 5.79. The number of aliphatic hydroxyl groups excluding tert-OH is 1. The number of carbonyl (C=O) groups is 1. The first kappa shape index (κ1) is 21.1. The molecule has 0 aromatic heterocycles. The molecule has 5 heteroatoms.